The standard InChI is InChI=1S/C5H2F6O2/c6-1(2(12)4(7)8)3(13)5(9,10)11/h4,13H. The van der Waals surface area contributed by atoms with Crippen LogP contribution in [0.15, 0.2) is 11.6 Å². The summed E-state index contributed by atoms with van der Waals surface area (Å²) in [6.45, 7) is 0. The molecule has 0 rings (SSSR count). The molecular weight excluding hydrogens is 206 g/mol. The van der Waals surface area contributed by atoms with Crippen LogP contribution in [0.25, 0.3) is 0 Å². The summed E-state index contributed by atoms with van der Waals surface area (Å²) in [6, 6.07) is 0. The van der Waals surface area contributed by atoms with Crippen LogP contribution in [0.2, 0.25) is 0 Å². The van der Waals surface area contributed by atoms with Crippen LogP contribution in [-0.2, 0) is 4.79 Å². The van der Waals surface area contributed by atoms with Gasteiger partial charge in [-0.05, 0) is 0 Å². The Kier molecular flexibility index (Phi) is 3.33. The van der Waals surface area contributed by atoms with Crippen molar-refractivity contribution in [1.29, 1.82) is 0 Å². The molecule has 8 heteroatoms. The number of hydrogen-bond acceptors (Lipinski definition) is 2. The Morgan fingerprint density at radius 2 is 1.62 bits per heavy atom. The molecule has 0 saturated carbocycles. The molecular formula is C5H2F6O2. The molecule has 2 nitrogen and oxygen atoms in total. The fourth-order valence-corrected chi connectivity index (χ4v) is 0.337. The van der Waals surface area contributed by atoms with Crippen LogP contribution in [0, 0.1) is 0 Å². The first-order chi connectivity index (χ1) is 5.68. The third kappa shape index (κ3) is 2.96. The van der Waals surface area contributed by atoms with Crippen LogP contribution in [-0.4, -0.2) is 23.5 Å². The molecule has 0 radical (unpaired) electrons. The van der Waals surface area contributed by atoms with Crippen LogP contribution < -0.4 is 0 Å². The number of aliphatic hydroxyl groups is 1. The largest absolute Gasteiger partial charge is 0.502 e. The van der Waals surface area contributed by atoms with Crippen LogP contribution in [0.4, 0.5) is 26.3 Å². The molecule has 1 N–H and O–H groups in total. The van der Waals surface area contributed by atoms with E-state index in [1.54, 1.807) is 0 Å². The first kappa shape index (κ1) is 11.8. The zero-order valence-corrected chi connectivity index (χ0v) is 5.70. The fraction of sp³-hybridized carbons (Fsp3) is 0.400. The van der Waals surface area contributed by atoms with Crippen molar-refractivity contribution in [1.82, 2.24) is 0 Å². The lowest BCUT2D eigenvalue weighted by Crippen LogP contribution is -2.19. The van der Waals surface area contributed by atoms with Crippen LogP contribution >= 0.6 is 0 Å². The van der Waals surface area contributed by atoms with Gasteiger partial charge in [0.1, 0.15) is 0 Å². The monoisotopic (exact) mass is 208 g/mol. The van der Waals surface area contributed by atoms with Crippen molar-refractivity contribution < 1.29 is 36.2 Å². The van der Waals surface area contributed by atoms with Gasteiger partial charge in [-0.25, -0.2) is 8.78 Å². The van der Waals surface area contributed by atoms with Crippen molar-refractivity contribution in [2.24, 2.45) is 0 Å². The lowest BCUT2D eigenvalue weighted by atomic mass is 10.3. The highest BCUT2D eigenvalue weighted by Gasteiger charge is 2.40. The average molecular weight is 208 g/mol. The van der Waals surface area contributed by atoms with Gasteiger partial charge in [-0.15, -0.1) is 0 Å². The number of aliphatic hydroxyl groups excluding tert-OH is 1. The van der Waals surface area contributed by atoms with Crippen molar-refractivity contribution in [3.63, 3.8) is 0 Å². The number of halogens is 6. The van der Waals surface area contributed by atoms with Crippen molar-refractivity contribution in [2.45, 2.75) is 12.6 Å². The smallest absolute Gasteiger partial charge is 0.451 e. The van der Waals surface area contributed by atoms with E-state index in [2.05, 4.69) is 0 Å². The molecule has 0 amide bonds. The Bertz CT molecular complexity index is 240. The summed E-state index contributed by atoms with van der Waals surface area (Å²) >= 11 is 0. The number of alkyl halides is 5. The number of carbonyl (C=O) groups is 1. The quantitative estimate of drug-likeness (QED) is 0.428. The highest BCUT2D eigenvalue weighted by atomic mass is 19.4. The molecule has 0 aromatic carbocycles. The van der Waals surface area contributed by atoms with Gasteiger partial charge in [0.2, 0.25) is 11.6 Å². The van der Waals surface area contributed by atoms with Gasteiger partial charge >= 0.3 is 12.6 Å². The Hall–Kier alpha value is -1.21. The van der Waals surface area contributed by atoms with Crippen LogP contribution in [0.5, 0.6) is 0 Å². The number of carbonyl (C=O) groups excluding carboxylic acids is 1. The van der Waals surface area contributed by atoms with Crippen molar-refractivity contribution in [2.75, 3.05) is 0 Å². The molecule has 0 aliphatic heterocycles. The summed E-state index contributed by atoms with van der Waals surface area (Å²) < 4.78 is 68.8. The minimum absolute atomic E-state index is 2.70. The van der Waals surface area contributed by atoms with E-state index in [1.807, 2.05) is 0 Å². The zero-order chi connectivity index (χ0) is 10.8. The lowest BCUT2D eigenvalue weighted by Gasteiger charge is -2.05. The van der Waals surface area contributed by atoms with E-state index in [0.29, 0.717) is 0 Å². The Balaban J connectivity index is 4.94. The third-order valence-corrected chi connectivity index (χ3v) is 0.891. The topological polar surface area (TPSA) is 37.3 Å². The maximum atomic E-state index is 12.0. The summed E-state index contributed by atoms with van der Waals surface area (Å²) in [7, 11) is 0. The number of hydrogen-bond donors (Lipinski definition) is 1. The normalized spacial score (nSPS) is 14.4. The first-order valence-corrected chi connectivity index (χ1v) is 2.66. The van der Waals surface area contributed by atoms with E-state index in [1.165, 1.54) is 0 Å². The minimum Gasteiger partial charge on any atom is -0.502 e. The van der Waals surface area contributed by atoms with E-state index < -0.39 is 30.0 Å². The van der Waals surface area contributed by atoms with E-state index >= 15 is 0 Å². The molecule has 0 aliphatic carbocycles. The van der Waals surface area contributed by atoms with E-state index in [4.69, 9.17) is 5.11 Å². The maximum Gasteiger partial charge on any atom is 0.451 e. The van der Waals surface area contributed by atoms with E-state index in [-0.39, 0.29) is 0 Å². The second-order valence-corrected chi connectivity index (χ2v) is 1.83. The number of ketones is 1. The average Bonchev–Trinajstić information content (AvgIpc) is 1.98. The predicted molar refractivity (Wildman–Crippen MR) is 27.8 cm³/mol. The molecule has 0 aliphatic rings. The Morgan fingerprint density at radius 1 is 1.23 bits per heavy atom. The molecule has 0 saturated heterocycles. The maximum absolute atomic E-state index is 12.0. The minimum atomic E-state index is -5.55. The number of rotatable bonds is 2. The van der Waals surface area contributed by atoms with Gasteiger partial charge in [-0.2, -0.15) is 17.6 Å². The van der Waals surface area contributed by atoms with Gasteiger partial charge in [0.15, 0.2) is 0 Å². The van der Waals surface area contributed by atoms with Gasteiger partial charge in [0, 0.05) is 0 Å². The molecule has 0 atom stereocenters. The Morgan fingerprint density at radius 3 is 1.85 bits per heavy atom. The molecule has 0 aromatic heterocycles. The molecule has 0 spiro atoms. The van der Waals surface area contributed by atoms with E-state index in [0.717, 1.165) is 0 Å². The molecule has 0 heterocycles. The van der Waals surface area contributed by atoms with Crippen molar-refractivity contribution in [3.05, 3.63) is 11.6 Å². The lowest BCUT2D eigenvalue weighted by molar-refractivity contribution is -0.135. The van der Waals surface area contributed by atoms with E-state index in [9.17, 15) is 31.1 Å². The van der Waals surface area contributed by atoms with Gasteiger partial charge in [0.25, 0.3) is 5.78 Å². The summed E-state index contributed by atoms with van der Waals surface area (Å²) in [5.41, 5.74) is 0. The summed E-state index contributed by atoms with van der Waals surface area (Å²) in [4.78, 5) is 9.89. The molecule has 0 aromatic rings. The Labute approximate surface area is 67.5 Å². The van der Waals surface area contributed by atoms with Crippen LogP contribution in [0.1, 0.15) is 0 Å². The zero-order valence-electron chi connectivity index (χ0n) is 5.70. The second-order valence-electron chi connectivity index (χ2n) is 1.83. The van der Waals surface area contributed by atoms with Gasteiger partial charge in [0.05, 0.1) is 0 Å². The molecule has 0 fully saturated rings. The van der Waals surface area contributed by atoms with Crippen molar-refractivity contribution in [3.8, 4) is 0 Å². The summed E-state index contributed by atoms with van der Waals surface area (Å²) in [5.74, 6) is -8.53. The first-order valence-electron chi connectivity index (χ1n) is 2.66. The number of allylic oxidation sites excluding steroid dienone is 2. The summed E-state index contributed by atoms with van der Waals surface area (Å²) in [5, 5.41) is 7.90. The van der Waals surface area contributed by atoms with Gasteiger partial charge in [-0.1, -0.05) is 0 Å². The SMILES string of the molecule is O=C(C(F)=C(O)C(F)(F)F)C(F)F. The van der Waals surface area contributed by atoms with Crippen LogP contribution in [0.3, 0.4) is 0 Å². The highest BCUT2D eigenvalue weighted by molar-refractivity contribution is 5.96. The van der Waals surface area contributed by atoms with Gasteiger partial charge in [-0.3, -0.25) is 4.79 Å². The molecule has 0 bridgehead atoms. The summed E-state index contributed by atoms with van der Waals surface area (Å²) in [6.07, 6.45) is -9.47. The molecule has 0 unspecified atom stereocenters. The molecule has 76 valence electrons. The second kappa shape index (κ2) is 3.67. The highest BCUT2D eigenvalue weighted by Crippen LogP contribution is 2.27. The van der Waals surface area contributed by atoms with Gasteiger partial charge < -0.3 is 5.11 Å². The third-order valence-electron chi connectivity index (χ3n) is 0.891. The molecule has 13 heavy (non-hydrogen) atoms. The predicted octanol–water partition coefficient (Wildman–Crippen LogP) is 2.12. The fourth-order valence-electron chi connectivity index (χ4n) is 0.337. The van der Waals surface area contributed by atoms with Crippen molar-refractivity contribution >= 4 is 5.78 Å². The number of Topliss-reactive ketones (excluding diaryl/α,β-unsaturated/α-hetero) is 1.